The molecule has 0 aromatic carbocycles. The lowest BCUT2D eigenvalue weighted by atomic mass is 9.99. The van der Waals surface area contributed by atoms with Gasteiger partial charge < -0.3 is 10.6 Å². The molecule has 1 fully saturated rings. The number of carbonyl (C=O) groups is 2. The largest absolute Gasteiger partial charge is 0.370 e. The molecule has 1 unspecified atom stereocenters. The quantitative estimate of drug-likeness (QED) is 0.787. The molecule has 0 radical (unpaired) electrons. The van der Waals surface area contributed by atoms with Gasteiger partial charge in [-0.15, -0.1) is 0 Å². The summed E-state index contributed by atoms with van der Waals surface area (Å²) in [6, 6.07) is 3.36. The standard InChI is InChI=1S/C15H22N4O2/c1-4-7-16-12-9-11(6-8-17-12)10-19-13(20)15(3,5-2)18-14(19)21/h6,8-9H,4-5,7,10H2,1-3H3,(H,16,17)(H,18,21). The van der Waals surface area contributed by atoms with Crippen LogP contribution in [-0.2, 0) is 11.3 Å². The highest BCUT2D eigenvalue weighted by molar-refractivity contribution is 6.06. The Hall–Kier alpha value is -2.11. The summed E-state index contributed by atoms with van der Waals surface area (Å²) >= 11 is 0. The van der Waals surface area contributed by atoms with Crippen LogP contribution in [0.15, 0.2) is 18.3 Å². The van der Waals surface area contributed by atoms with Crippen LogP contribution in [0.4, 0.5) is 10.6 Å². The van der Waals surface area contributed by atoms with Gasteiger partial charge in [0.05, 0.1) is 6.54 Å². The Morgan fingerprint density at radius 2 is 2.14 bits per heavy atom. The number of urea groups is 1. The lowest BCUT2D eigenvalue weighted by Gasteiger charge is -2.19. The van der Waals surface area contributed by atoms with E-state index in [0.717, 1.165) is 24.3 Å². The maximum Gasteiger partial charge on any atom is 0.325 e. The smallest absolute Gasteiger partial charge is 0.325 e. The van der Waals surface area contributed by atoms with Crippen LogP contribution in [0, 0.1) is 0 Å². The second kappa shape index (κ2) is 6.11. The highest BCUT2D eigenvalue weighted by Gasteiger charge is 2.46. The van der Waals surface area contributed by atoms with E-state index < -0.39 is 5.54 Å². The van der Waals surface area contributed by atoms with Gasteiger partial charge in [-0.05, 0) is 37.5 Å². The summed E-state index contributed by atoms with van der Waals surface area (Å²) in [5, 5.41) is 5.95. The fraction of sp³-hybridized carbons (Fsp3) is 0.533. The molecule has 6 nitrogen and oxygen atoms in total. The minimum Gasteiger partial charge on any atom is -0.370 e. The van der Waals surface area contributed by atoms with Gasteiger partial charge in [-0.25, -0.2) is 9.78 Å². The lowest BCUT2D eigenvalue weighted by molar-refractivity contribution is -0.131. The SMILES string of the molecule is CCCNc1cc(CN2C(=O)NC(C)(CC)C2=O)ccn1. The van der Waals surface area contributed by atoms with E-state index in [4.69, 9.17) is 0 Å². The normalized spacial score (nSPS) is 21.6. The van der Waals surface area contributed by atoms with Gasteiger partial charge >= 0.3 is 6.03 Å². The van der Waals surface area contributed by atoms with Gasteiger partial charge in [0.2, 0.25) is 0 Å². The third-order valence-corrected chi connectivity index (χ3v) is 3.77. The number of aromatic nitrogens is 1. The van der Waals surface area contributed by atoms with Crippen LogP contribution in [0.1, 0.15) is 39.2 Å². The Kier molecular flexibility index (Phi) is 4.45. The van der Waals surface area contributed by atoms with Gasteiger partial charge in [0, 0.05) is 12.7 Å². The van der Waals surface area contributed by atoms with Gasteiger partial charge in [-0.3, -0.25) is 9.69 Å². The van der Waals surface area contributed by atoms with Gasteiger partial charge in [0.15, 0.2) is 0 Å². The Balaban J connectivity index is 2.11. The molecular weight excluding hydrogens is 268 g/mol. The van der Waals surface area contributed by atoms with Crippen molar-refractivity contribution in [3.05, 3.63) is 23.9 Å². The molecule has 3 amide bonds. The van der Waals surface area contributed by atoms with E-state index in [9.17, 15) is 9.59 Å². The summed E-state index contributed by atoms with van der Waals surface area (Å²) in [5.74, 6) is 0.592. The van der Waals surface area contributed by atoms with Crippen LogP contribution in [-0.4, -0.2) is 33.9 Å². The van der Waals surface area contributed by atoms with Crippen molar-refractivity contribution in [2.75, 3.05) is 11.9 Å². The molecule has 2 heterocycles. The van der Waals surface area contributed by atoms with Crippen LogP contribution in [0.2, 0.25) is 0 Å². The second-order valence-electron chi connectivity index (χ2n) is 5.48. The van der Waals surface area contributed by atoms with E-state index in [2.05, 4.69) is 22.5 Å². The lowest BCUT2D eigenvalue weighted by Crippen LogP contribution is -2.43. The molecule has 114 valence electrons. The summed E-state index contributed by atoms with van der Waals surface area (Å²) in [7, 11) is 0. The van der Waals surface area contributed by atoms with E-state index in [1.165, 1.54) is 4.90 Å². The third-order valence-electron chi connectivity index (χ3n) is 3.77. The summed E-state index contributed by atoms with van der Waals surface area (Å²) in [4.78, 5) is 29.8. The van der Waals surface area contributed by atoms with E-state index in [1.54, 1.807) is 13.1 Å². The van der Waals surface area contributed by atoms with Crippen LogP contribution >= 0.6 is 0 Å². The van der Waals surface area contributed by atoms with Crippen molar-refractivity contribution in [2.24, 2.45) is 0 Å². The summed E-state index contributed by atoms with van der Waals surface area (Å²) in [5.41, 5.74) is 0.0976. The predicted molar refractivity (Wildman–Crippen MR) is 80.8 cm³/mol. The zero-order chi connectivity index (χ0) is 15.5. The van der Waals surface area contributed by atoms with Crippen molar-refractivity contribution in [3.8, 4) is 0 Å². The fourth-order valence-corrected chi connectivity index (χ4v) is 2.24. The van der Waals surface area contributed by atoms with Gasteiger partial charge in [0.1, 0.15) is 11.4 Å². The maximum atomic E-state index is 12.3. The van der Waals surface area contributed by atoms with Crippen molar-refractivity contribution >= 4 is 17.8 Å². The summed E-state index contributed by atoms with van der Waals surface area (Å²) < 4.78 is 0. The van der Waals surface area contributed by atoms with E-state index in [0.29, 0.717) is 6.42 Å². The summed E-state index contributed by atoms with van der Waals surface area (Å²) in [6.45, 7) is 6.83. The van der Waals surface area contributed by atoms with Gasteiger partial charge in [-0.2, -0.15) is 0 Å². The molecule has 2 rings (SSSR count). The molecular formula is C15H22N4O2. The highest BCUT2D eigenvalue weighted by atomic mass is 16.2. The molecule has 0 saturated carbocycles. The van der Waals surface area contributed by atoms with Crippen LogP contribution in [0.3, 0.4) is 0 Å². The van der Waals surface area contributed by atoms with Crippen molar-refractivity contribution in [3.63, 3.8) is 0 Å². The molecule has 0 spiro atoms. The predicted octanol–water partition coefficient (Wildman–Crippen LogP) is 2.12. The average molecular weight is 290 g/mol. The topological polar surface area (TPSA) is 74.3 Å². The first-order chi connectivity index (χ1) is 10.00. The molecule has 1 aromatic heterocycles. The van der Waals surface area contributed by atoms with Gasteiger partial charge in [0.25, 0.3) is 5.91 Å². The number of anilines is 1. The number of carbonyl (C=O) groups excluding carboxylic acids is 2. The first kappa shape index (κ1) is 15.3. The maximum absolute atomic E-state index is 12.3. The van der Waals surface area contributed by atoms with Crippen LogP contribution < -0.4 is 10.6 Å². The Morgan fingerprint density at radius 1 is 1.38 bits per heavy atom. The molecule has 0 bridgehead atoms. The second-order valence-corrected chi connectivity index (χ2v) is 5.48. The van der Waals surface area contributed by atoms with Crippen LogP contribution in [0.5, 0.6) is 0 Å². The first-order valence-corrected chi connectivity index (χ1v) is 7.33. The number of imide groups is 1. The number of hydrogen-bond donors (Lipinski definition) is 2. The van der Waals surface area contributed by atoms with Crippen molar-refractivity contribution in [2.45, 2.75) is 45.7 Å². The minimum atomic E-state index is -0.784. The Labute approximate surface area is 124 Å². The van der Waals surface area contributed by atoms with Gasteiger partial charge in [-0.1, -0.05) is 13.8 Å². The molecule has 2 N–H and O–H groups in total. The van der Waals surface area contributed by atoms with Crippen molar-refractivity contribution in [1.82, 2.24) is 15.2 Å². The first-order valence-electron chi connectivity index (χ1n) is 7.33. The zero-order valence-corrected chi connectivity index (χ0v) is 12.8. The molecule has 6 heteroatoms. The molecule has 21 heavy (non-hydrogen) atoms. The van der Waals surface area contributed by atoms with E-state index >= 15 is 0 Å². The summed E-state index contributed by atoms with van der Waals surface area (Å²) in [6.07, 6.45) is 3.27. The molecule has 0 aliphatic carbocycles. The third kappa shape index (κ3) is 3.15. The fourth-order valence-electron chi connectivity index (χ4n) is 2.24. The number of nitrogens with zero attached hydrogens (tertiary/aromatic N) is 2. The monoisotopic (exact) mass is 290 g/mol. The average Bonchev–Trinajstić information content (AvgIpc) is 2.70. The minimum absolute atomic E-state index is 0.171. The van der Waals surface area contributed by atoms with Crippen LogP contribution in [0.25, 0.3) is 0 Å². The van der Waals surface area contributed by atoms with E-state index in [1.807, 2.05) is 19.1 Å². The molecule has 1 aliphatic heterocycles. The van der Waals surface area contributed by atoms with Crippen molar-refractivity contribution in [1.29, 1.82) is 0 Å². The molecule has 1 aromatic rings. The highest BCUT2D eigenvalue weighted by Crippen LogP contribution is 2.23. The Bertz CT molecular complexity index is 546. The number of nitrogens with one attached hydrogen (secondary N) is 2. The number of amides is 3. The molecule has 1 aliphatic rings. The molecule has 1 atom stereocenters. The zero-order valence-electron chi connectivity index (χ0n) is 12.8. The number of rotatable bonds is 6. The molecule has 1 saturated heterocycles. The van der Waals surface area contributed by atoms with Crippen molar-refractivity contribution < 1.29 is 9.59 Å². The van der Waals surface area contributed by atoms with E-state index in [-0.39, 0.29) is 18.5 Å². The number of pyridine rings is 1. The number of hydrogen-bond acceptors (Lipinski definition) is 4. The Morgan fingerprint density at radius 3 is 2.76 bits per heavy atom.